The Balaban J connectivity index is 1.65. The van der Waals surface area contributed by atoms with Gasteiger partial charge in [0, 0.05) is 17.8 Å². The van der Waals surface area contributed by atoms with E-state index in [0.29, 0.717) is 18.0 Å². The number of benzene rings is 1. The average Bonchev–Trinajstić information content (AvgIpc) is 2.95. The van der Waals surface area contributed by atoms with Crippen molar-refractivity contribution in [1.82, 2.24) is 15.0 Å². The number of aromatic nitrogens is 3. The largest absolute Gasteiger partial charge is 0.302 e. The third-order valence-electron chi connectivity index (χ3n) is 3.73. The number of fused-ring (bicyclic) bond motifs is 1. The minimum atomic E-state index is -0.0400. The van der Waals surface area contributed by atoms with Crippen molar-refractivity contribution in [3.8, 4) is 0 Å². The summed E-state index contributed by atoms with van der Waals surface area (Å²) in [5.74, 6) is -0.0400. The summed E-state index contributed by atoms with van der Waals surface area (Å²) in [7, 11) is 0. The first-order chi connectivity index (χ1) is 11.6. The lowest BCUT2D eigenvalue weighted by Crippen LogP contribution is -2.13. The molecule has 0 bridgehead atoms. The van der Waals surface area contributed by atoms with Crippen LogP contribution in [0.1, 0.15) is 23.4 Å². The van der Waals surface area contributed by atoms with Gasteiger partial charge >= 0.3 is 0 Å². The number of hydrogen-bond donors (Lipinski definition) is 1. The first-order valence-electron chi connectivity index (χ1n) is 7.60. The molecule has 1 amide bonds. The van der Waals surface area contributed by atoms with Crippen LogP contribution in [-0.4, -0.2) is 27.1 Å². The molecule has 0 fully saturated rings. The SMILES string of the molecule is CSc1nc(C)c(CCC(=O)Nc2nc3ccccc3s2)c(C)n1. The molecule has 2 heterocycles. The fraction of sp³-hybridized carbons (Fsp3) is 0.294. The average molecular weight is 358 g/mol. The van der Waals surface area contributed by atoms with Gasteiger partial charge in [0.2, 0.25) is 5.91 Å². The van der Waals surface area contributed by atoms with E-state index in [2.05, 4.69) is 20.3 Å². The van der Waals surface area contributed by atoms with Crippen molar-refractivity contribution in [3.63, 3.8) is 0 Å². The number of hydrogen-bond acceptors (Lipinski definition) is 6. The number of aryl methyl sites for hydroxylation is 2. The fourth-order valence-electron chi connectivity index (χ4n) is 2.51. The van der Waals surface area contributed by atoms with Crippen LogP contribution in [0.4, 0.5) is 5.13 Å². The van der Waals surface area contributed by atoms with E-state index in [4.69, 9.17) is 0 Å². The zero-order valence-electron chi connectivity index (χ0n) is 13.8. The Morgan fingerprint density at radius 2 is 1.88 bits per heavy atom. The van der Waals surface area contributed by atoms with Crippen molar-refractivity contribution in [2.45, 2.75) is 31.8 Å². The van der Waals surface area contributed by atoms with Gasteiger partial charge in [0.15, 0.2) is 10.3 Å². The van der Waals surface area contributed by atoms with Crippen LogP contribution in [0.2, 0.25) is 0 Å². The number of amides is 1. The van der Waals surface area contributed by atoms with Gasteiger partial charge in [-0.3, -0.25) is 4.79 Å². The van der Waals surface area contributed by atoms with Gasteiger partial charge in [0.25, 0.3) is 0 Å². The van der Waals surface area contributed by atoms with Crippen LogP contribution in [0.25, 0.3) is 10.2 Å². The number of para-hydroxylation sites is 1. The molecule has 1 aromatic carbocycles. The van der Waals surface area contributed by atoms with Gasteiger partial charge < -0.3 is 5.32 Å². The van der Waals surface area contributed by atoms with Crippen LogP contribution in [0, 0.1) is 13.8 Å². The van der Waals surface area contributed by atoms with E-state index in [1.54, 1.807) is 0 Å². The third-order valence-corrected chi connectivity index (χ3v) is 5.22. The van der Waals surface area contributed by atoms with Gasteiger partial charge in [-0.15, -0.1) is 0 Å². The number of nitrogens with zero attached hydrogens (tertiary/aromatic N) is 3. The minimum Gasteiger partial charge on any atom is -0.302 e. The first-order valence-corrected chi connectivity index (χ1v) is 9.64. The molecule has 1 N–H and O–H groups in total. The van der Waals surface area contributed by atoms with E-state index < -0.39 is 0 Å². The Bertz CT molecular complexity index is 835. The zero-order chi connectivity index (χ0) is 17.1. The lowest BCUT2D eigenvalue weighted by Gasteiger charge is -2.09. The summed E-state index contributed by atoms with van der Waals surface area (Å²) in [5.41, 5.74) is 3.84. The fourth-order valence-corrected chi connectivity index (χ4v) is 3.85. The summed E-state index contributed by atoms with van der Waals surface area (Å²) in [6, 6.07) is 7.85. The predicted octanol–water partition coefficient (Wildman–Crippen LogP) is 4.00. The highest BCUT2D eigenvalue weighted by atomic mass is 32.2. The molecule has 0 atom stereocenters. The van der Waals surface area contributed by atoms with Crippen LogP contribution >= 0.6 is 23.1 Å². The summed E-state index contributed by atoms with van der Waals surface area (Å²) >= 11 is 3.01. The maximum atomic E-state index is 12.2. The molecule has 0 radical (unpaired) electrons. The molecule has 0 unspecified atom stereocenters. The van der Waals surface area contributed by atoms with Gasteiger partial charge in [0.1, 0.15) is 0 Å². The van der Waals surface area contributed by atoms with Crippen molar-refractivity contribution in [1.29, 1.82) is 0 Å². The molecule has 7 heteroatoms. The molecule has 2 aromatic heterocycles. The van der Waals surface area contributed by atoms with E-state index >= 15 is 0 Å². The predicted molar refractivity (Wildman–Crippen MR) is 99.9 cm³/mol. The van der Waals surface area contributed by atoms with Crippen molar-refractivity contribution in [3.05, 3.63) is 41.2 Å². The first kappa shape index (κ1) is 16.9. The van der Waals surface area contributed by atoms with E-state index in [1.807, 2.05) is 44.4 Å². The molecule has 124 valence electrons. The van der Waals surface area contributed by atoms with Crippen molar-refractivity contribution in [2.24, 2.45) is 0 Å². The van der Waals surface area contributed by atoms with Gasteiger partial charge in [-0.05, 0) is 44.2 Å². The Kier molecular flexibility index (Phi) is 5.11. The quantitative estimate of drug-likeness (QED) is 0.551. The Morgan fingerprint density at radius 1 is 1.17 bits per heavy atom. The monoisotopic (exact) mass is 358 g/mol. The Morgan fingerprint density at radius 3 is 2.54 bits per heavy atom. The number of anilines is 1. The molecule has 3 rings (SSSR count). The zero-order valence-corrected chi connectivity index (χ0v) is 15.4. The second-order valence-electron chi connectivity index (χ2n) is 5.39. The molecule has 0 aliphatic rings. The van der Waals surface area contributed by atoms with Crippen LogP contribution in [0.5, 0.6) is 0 Å². The van der Waals surface area contributed by atoms with E-state index in [0.717, 1.165) is 32.3 Å². The summed E-state index contributed by atoms with van der Waals surface area (Å²) in [6.07, 6.45) is 2.97. The van der Waals surface area contributed by atoms with Gasteiger partial charge in [-0.25, -0.2) is 15.0 Å². The molecule has 3 aromatic rings. The molecule has 0 saturated heterocycles. The second-order valence-corrected chi connectivity index (χ2v) is 7.20. The summed E-state index contributed by atoms with van der Waals surface area (Å²) in [5, 5.41) is 4.30. The number of rotatable bonds is 5. The highest BCUT2D eigenvalue weighted by molar-refractivity contribution is 7.98. The van der Waals surface area contributed by atoms with E-state index in [9.17, 15) is 4.79 Å². The van der Waals surface area contributed by atoms with E-state index in [1.165, 1.54) is 23.1 Å². The van der Waals surface area contributed by atoms with Crippen molar-refractivity contribution in [2.75, 3.05) is 11.6 Å². The van der Waals surface area contributed by atoms with E-state index in [-0.39, 0.29) is 5.91 Å². The Hall–Kier alpha value is -1.99. The molecule has 24 heavy (non-hydrogen) atoms. The molecular weight excluding hydrogens is 340 g/mol. The summed E-state index contributed by atoms with van der Waals surface area (Å²) in [6.45, 7) is 3.93. The topological polar surface area (TPSA) is 67.8 Å². The standard InChI is InChI=1S/C17H18N4OS2/c1-10-12(11(2)19-16(18-10)23-3)8-9-15(22)21-17-20-13-6-4-5-7-14(13)24-17/h4-7H,8-9H2,1-3H3,(H,20,21,22). The summed E-state index contributed by atoms with van der Waals surface area (Å²) in [4.78, 5) is 25.5. The minimum absolute atomic E-state index is 0.0400. The maximum Gasteiger partial charge on any atom is 0.226 e. The maximum absolute atomic E-state index is 12.2. The number of thiazole rings is 1. The normalized spacial score (nSPS) is 11.0. The highest BCUT2D eigenvalue weighted by Crippen LogP contribution is 2.25. The molecule has 0 aliphatic carbocycles. The van der Waals surface area contributed by atoms with Gasteiger partial charge in [-0.2, -0.15) is 0 Å². The Labute approximate surface area is 148 Å². The van der Waals surface area contributed by atoms with Crippen LogP contribution in [-0.2, 0) is 11.2 Å². The molecule has 0 saturated carbocycles. The van der Waals surface area contributed by atoms with Gasteiger partial charge in [-0.1, -0.05) is 35.2 Å². The van der Waals surface area contributed by atoms with Crippen molar-refractivity contribution < 1.29 is 4.79 Å². The number of thioether (sulfide) groups is 1. The van der Waals surface area contributed by atoms with Crippen LogP contribution in [0.15, 0.2) is 29.4 Å². The lowest BCUT2D eigenvalue weighted by molar-refractivity contribution is -0.116. The third kappa shape index (κ3) is 3.73. The lowest BCUT2D eigenvalue weighted by atomic mass is 10.1. The molecule has 0 aliphatic heterocycles. The van der Waals surface area contributed by atoms with Crippen LogP contribution < -0.4 is 5.32 Å². The number of carbonyl (C=O) groups excluding carboxylic acids is 1. The number of carbonyl (C=O) groups is 1. The number of nitrogens with one attached hydrogen (secondary N) is 1. The summed E-state index contributed by atoms with van der Waals surface area (Å²) < 4.78 is 1.07. The van der Waals surface area contributed by atoms with Crippen LogP contribution in [0.3, 0.4) is 0 Å². The second kappa shape index (κ2) is 7.27. The molecular formula is C17H18N4OS2. The van der Waals surface area contributed by atoms with Crippen molar-refractivity contribution >= 4 is 44.4 Å². The molecule has 0 spiro atoms. The smallest absolute Gasteiger partial charge is 0.226 e. The highest BCUT2D eigenvalue weighted by Gasteiger charge is 2.12. The molecule has 5 nitrogen and oxygen atoms in total. The van der Waals surface area contributed by atoms with Gasteiger partial charge in [0.05, 0.1) is 10.2 Å².